The molecule has 2 aromatic carbocycles. The van der Waals surface area contributed by atoms with Crippen LogP contribution in [0.2, 0.25) is 0 Å². The molecular weight excluding hydrogens is 435 g/mol. The predicted molar refractivity (Wildman–Crippen MR) is 113 cm³/mol. The third-order valence-electron chi connectivity index (χ3n) is 5.51. The number of hydrogen-bond donors (Lipinski definition) is 1. The van der Waals surface area contributed by atoms with Crippen molar-refractivity contribution in [2.24, 2.45) is 0 Å². The van der Waals surface area contributed by atoms with E-state index in [1.807, 2.05) is 19.1 Å². The van der Waals surface area contributed by atoms with Gasteiger partial charge in [-0.1, -0.05) is 36.1 Å². The fourth-order valence-corrected chi connectivity index (χ4v) is 3.73. The van der Waals surface area contributed by atoms with Gasteiger partial charge in [-0.05, 0) is 55.2 Å². The summed E-state index contributed by atoms with van der Waals surface area (Å²) in [6, 6.07) is 10.4. The summed E-state index contributed by atoms with van der Waals surface area (Å²) >= 11 is 0. The minimum atomic E-state index is -4.63. The number of benzene rings is 2. The molecule has 0 bridgehead atoms. The van der Waals surface area contributed by atoms with Gasteiger partial charge in [-0.2, -0.15) is 18.2 Å². The molecule has 1 N–H and O–H groups in total. The van der Waals surface area contributed by atoms with Crippen LogP contribution in [0.25, 0.3) is 11.4 Å². The Bertz CT molecular complexity index is 1220. The molecule has 0 radical (unpaired) electrons. The molecular formula is C24H20F3N3O3. The molecule has 1 saturated heterocycles. The average Bonchev–Trinajstić information content (AvgIpc) is 3.47. The molecule has 2 heterocycles. The predicted octanol–water partition coefficient (Wildman–Crippen LogP) is 5.53. The molecule has 1 atom stereocenters. The molecule has 1 aliphatic heterocycles. The van der Waals surface area contributed by atoms with Crippen LogP contribution in [-0.2, 0) is 12.6 Å². The van der Waals surface area contributed by atoms with Gasteiger partial charge in [0.05, 0.1) is 5.56 Å². The summed E-state index contributed by atoms with van der Waals surface area (Å²) in [6.07, 6.45) is -3.73. The quantitative estimate of drug-likeness (QED) is 0.525. The molecule has 1 amide bonds. The first-order valence-electron chi connectivity index (χ1n) is 10.4. The van der Waals surface area contributed by atoms with Crippen molar-refractivity contribution in [3.05, 3.63) is 70.6 Å². The van der Waals surface area contributed by atoms with E-state index >= 15 is 0 Å². The van der Waals surface area contributed by atoms with Gasteiger partial charge in [-0.15, -0.1) is 0 Å². The topological polar surface area (TPSA) is 79.5 Å². The number of likely N-dealkylation sites (tertiary alicyclic amines) is 1. The van der Waals surface area contributed by atoms with Crippen LogP contribution in [0.3, 0.4) is 0 Å². The van der Waals surface area contributed by atoms with Crippen molar-refractivity contribution >= 4 is 6.09 Å². The molecule has 4 rings (SSSR count). The van der Waals surface area contributed by atoms with E-state index in [4.69, 9.17) is 4.52 Å². The normalized spacial score (nSPS) is 15.9. The Hall–Kier alpha value is -3.80. The first kappa shape index (κ1) is 22.4. The molecule has 0 aliphatic carbocycles. The number of aryl methyl sites for hydroxylation is 1. The van der Waals surface area contributed by atoms with E-state index in [-0.39, 0.29) is 22.8 Å². The summed E-state index contributed by atoms with van der Waals surface area (Å²) in [7, 11) is 0. The van der Waals surface area contributed by atoms with Crippen molar-refractivity contribution in [3.63, 3.8) is 0 Å². The third kappa shape index (κ3) is 4.85. The molecule has 9 heteroatoms. The number of aromatic nitrogens is 2. The summed E-state index contributed by atoms with van der Waals surface area (Å²) in [4.78, 5) is 16.7. The number of alkyl halides is 3. The van der Waals surface area contributed by atoms with Gasteiger partial charge in [0.1, 0.15) is 6.04 Å². The van der Waals surface area contributed by atoms with Crippen LogP contribution in [0, 0.1) is 11.8 Å². The van der Waals surface area contributed by atoms with Gasteiger partial charge in [-0.3, -0.25) is 4.90 Å². The second kappa shape index (κ2) is 8.98. The Morgan fingerprint density at radius 2 is 1.97 bits per heavy atom. The van der Waals surface area contributed by atoms with Crippen LogP contribution in [-0.4, -0.2) is 32.8 Å². The molecule has 1 aromatic heterocycles. The van der Waals surface area contributed by atoms with E-state index in [1.54, 1.807) is 12.1 Å². The largest absolute Gasteiger partial charge is 0.465 e. The van der Waals surface area contributed by atoms with E-state index in [1.165, 1.54) is 17.0 Å². The monoisotopic (exact) mass is 455 g/mol. The van der Waals surface area contributed by atoms with Crippen molar-refractivity contribution in [3.8, 4) is 23.2 Å². The Balaban J connectivity index is 1.65. The van der Waals surface area contributed by atoms with E-state index in [0.29, 0.717) is 24.9 Å². The smallest absolute Gasteiger partial charge is 0.417 e. The zero-order chi connectivity index (χ0) is 23.6. The highest BCUT2D eigenvalue weighted by molar-refractivity contribution is 5.66. The highest BCUT2D eigenvalue weighted by Gasteiger charge is 2.35. The fraction of sp³-hybridized carbons (Fsp3) is 0.292. The van der Waals surface area contributed by atoms with Gasteiger partial charge in [-0.25, -0.2) is 4.79 Å². The standard InChI is InChI=1S/C24H20F3N3O3/c1-2-15-5-7-16(8-6-15)9-10-17-11-12-18(14-19(17)24(25,26)27)21-28-22(33-29-21)20-4-3-13-30(20)23(31)32/h5-8,11-12,14,20H,2-4,13H2,1H3,(H,31,32). The highest BCUT2D eigenvalue weighted by atomic mass is 19.4. The van der Waals surface area contributed by atoms with Crippen LogP contribution in [0.5, 0.6) is 0 Å². The average molecular weight is 455 g/mol. The van der Waals surface area contributed by atoms with Crippen molar-refractivity contribution in [1.29, 1.82) is 0 Å². The zero-order valence-electron chi connectivity index (χ0n) is 17.7. The van der Waals surface area contributed by atoms with Crippen molar-refractivity contribution in [1.82, 2.24) is 15.0 Å². The molecule has 33 heavy (non-hydrogen) atoms. The van der Waals surface area contributed by atoms with E-state index in [0.717, 1.165) is 18.1 Å². The molecule has 0 spiro atoms. The number of amides is 1. The lowest BCUT2D eigenvalue weighted by Crippen LogP contribution is -2.28. The Morgan fingerprint density at radius 3 is 2.64 bits per heavy atom. The van der Waals surface area contributed by atoms with Crippen molar-refractivity contribution in [2.45, 2.75) is 38.4 Å². The second-order valence-electron chi connectivity index (χ2n) is 7.65. The maximum atomic E-state index is 13.8. The molecule has 6 nitrogen and oxygen atoms in total. The summed E-state index contributed by atoms with van der Waals surface area (Å²) < 4.78 is 46.5. The number of halogens is 3. The zero-order valence-corrected chi connectivity index (χ0v) is 17.7. The van der Waals surface area contributed by atoms with Gasteiger partial charge in [0.15, 0.2) is 0 Å². The summed E-state index contributed by atoms with van der Waals surface area (Å²) in [5.74, 6) is 5.42. The minimum Gasteiger partial charge on any atom is -0.465 e. The van der Waals surface area contributed by atoms with Gasteiger partial charge in [0.25, 0.3) is 0 Å². The summed E-state index contributed by atoms with van der Waals surface area (Å²) in [5, 5.41) is 13.1. The summed E-state index contributed by atoms with van der Waals surface area (Å²) in [5.41, 5.74) is 0.769. The second-order valence-corrected chi connectivity index (χ2v) is 7.65. The number of hydrogen-bond acceptors (Lipinski definition) is 4. The summed E-state index contributed by atoms with van der Waals surface area (Å²) in [6.45, 7) is 2.35. The lowest BCUT2D eigenvalue weighted by molar-refractivity contribution is -0.137. The van der Waals surface area contributed by atoms with E-state index < -0.39 is 23.9 Å². The first-order chi connectivity index (χ1) is 15.8. The van der Waals surface area contributed by atoms with Gasteiger partial charge in [0, 0.05) is 23.2 Å². The van der Waals surface area contributed by atoms with Crippen LogP contribution in [0.15, 0.2) is 47.0 Å². The van der Waals surface area contributed by atoms with Crippen LogP contribution >= 0.6 is 0 Å². The van der Waals surface area contributed by atoms with Crippen LogP contribution < -0.4 is 0 Å². The third-order valence-corrected chi connectivity index (χ3v) is 5.51. The van der Waals surface area contributed by atoms with E-state index in [2.05, 4.69) is 22.0 Å². The lowest BCUT2D eigenvalue weighted by Gasteiger charge is -2.17. The van der Waals surface area contributed by atoms with Crippen molar-refractivity contribution in [2.75, 3.05) is 6.54 Å². The van der Waals surface area contributed by atoms with Crippen molar-refractivity contribution < 1.29 is 27.6 Å². The number of carbonyl (C=O) groups is 1. The maximum Gasteiger partial charge on any atom is 0.417 e. The van der Waals surface area contributed by atoms with Gasteiger partial charge < -0.3 is 9.63 Å². The molecule has 1 aliphatic rings. The van der Waals surface area contributed by atoms with Gasteiger partial charge >= 0.3 is 12.3 Å². The lowest BCUT2D eigenvalue weighted by atomic mass is 10.0. The molecule has 1 unspecified atom stereocenters. The van der Waals surface area contributed by atoms with Gasteiger partial charge in [0.2, 0.25) is 11.7 Å². The fourth-order valence-electron chi connectivity index (χ4n) is 3.73. The molecule has 1 fully saturated rings. The molecule has 170 valence electrons. The Kier molecular flexibility index (Phi) is 6.09. The highest BCUT2D eigenvalue weighted by Crippen LogP contribution is 2.36. The first-order valence-corrected chi connectivity index (χ1v) is 10.4. The van der Waals surface area contributed by atoms with E-state index in [9.17, 15) is 23.1 Å². The number of nitrogens with zero attached hydrogens (tertiary/aromatic N) is 3. The number of rotatable bonds is 3. The molecule has 0 saturated carbocycles. The van der Waals surface area contributed by atoms with Crippen LogP contribution in [0.1, 0.15) is 54.0 Å². The minimum absolute atomic E-state index is 0.0394. The Labute approximate surface area is 188 Å². The number of carboxylic acid groups (broad SMARTS) is 1. The maximum absolute atomic E-state index is 13.8. The molecule has 3 aromatic rings. The Morgan fingerprint density at radius 1 is 1.21 bits per heavy atom. The SMILES string of the molecule is CCc1ccc(C#Cc2ccc(-c3noc(C4CCCN4C(=O)O)n3)cc2C(F)(F)F)cc1. The van der Waals surface area contributed by atoms with Crippen LogP contribution in [0.4, 0.5) is 18.0 Å².